The zero-order valence-corrected chi connectivity index (χ0v) is 15.4. The molecule has 9 nitrogen and oxygen atoms in total. The zero-order chi connectivity index (χ0) is 18.8. The van der Waals surface area contributed by atoms with E-state index in [-0.39, 0.29) is 6.04 Å². The van der Waals surface area contributed by atoms with E-state index in [0.717, 1.165) is 18.8 Å². The van der Waals surface area contributed by atoms with Crippen LogP contribution in [0.5, 0.6) is 0 Å². The van der Waals surface area contributed by atoms with Crippen LogP contribution in [0, 0.1) is 0 Å². The molecule has 27 heavy (non-hydrogen) atoms. The van der Waals surface area contributed by atoms with Gasteiger partial charge in [0.05, 0.1) is 6.04 Å². The normalized spacial score (nSPS) is 20.2. The topological polar surface area (TPSA) is 110 Å². The Morgan fingerprint density at radius 3 is 2.93 bits per heavy atom. The summed E-state index contributed by atoms with van der Waals surface area (Å²) in [6, 6.07) is 3.83. The van der Waals surface area contributed by atoms with Crippen LogP contribution < -0.4 is 10.2 Å². The zero-order valence-electron chi connectivity index (χ0n) is 15.4. The second-order valence-corrected chi connectivity index (χ2v) is 7.34. The van der Waals surface area contributed by atoms with Gasteiger partial charge in [-0.25, -0.2) is 9.78 Å². The molecule has 0 bridgehead atoms. The molecule has 2 fully saturated rings. The maximum atomic E-state index is 11.1. The van der Waals surface area contributed by atoms with Gasteiger partial charge < -0.3 is 20.2 Å². The molecule has 0 radical (unpaired) electrons. The first kappa shape index (κ1) is 17.6. The number of likely N-dealkylation sites (N-methyl/N-ethyl adjacent to an activating group) is 1. The van der Waals surface area contributed by atoms with Crippen LogP contribution in [0.4, 0.5) is 22.4 Å². The summed E-state index contributed by atoms with van der Waals surface area (Å²) in [5.74, 6) is 2.63. The SMILES string of the molecule is CN(C(=O)O)C1CCN(c2nccc(Nc3cc(C4CCCC4)[nH]n3)n2)C1. The number of carbonyl (C=O) groups is 1. The van der Waals surface area contributed by atoms with Gasteiger partial charge in [-0.2, -0.15) is 10.1 Å². The first-order valence-electron chi connectivity index (χ1n) is 9.46. The number of H-pyrrole nitrogens is 1. The quantitative estimate of drug-likeness (QED) is 0.741. The van der Waals surface area contributed by atoms with Gasteiger partial charge >= 0.3 is 6.09 Å². The Morgan fingerprint density at radius 2 is 2.15 bits per heavy atom. The molecule has 3 N–H and O–H groups in total. The smallest absolute Gasteiger partial charge is 0.407 e. The molecule has 0 aromatic carbocycles. The van der Waals surface area contributed by atoms with Crippen LogP contribution in [-0.2, 0) is 0 Å². The molecule has 2 aromatic heterocycles. The molecule has 1 unspecified atom stereocenters. The summed E-state index contributed by atoms with van der Waals surface area (Å²) >= 11 is 0. The fourth-order valence-electron chi connectivity index (χ4n) is 3.94. The van der Waals surface area contributed by atoms with Gasteiger partial charge in [-0.3, -0.25) is 5.10 Å². The van der Waals surface area contributed by atoms with Gasteiger partial charge in [0.15, 0.2) is 5.82 Å². The molecule has 2 aromatic rings. The monoisotopic (exact) mass is 371 g/mol. The highest BCUT2D eigenvalue weighted by Gasteiger charge is 2.29. The van der Waals surface area contributed by atoms with E-state index in [0.29, 0.717) is 24.2 Å². The molecular formula is C18H25N7O2. The molecule has 3 heterocycles. The number of amides is 1. The average molecular weight is 371 g/mol. The van der Waals surface area contributed by atoms with Crippen LogP contribution in [0.25, 0.3) is 0 Å². The summed E-state index contributed by atoms with van der Waals surface area (Å²) in [4.78, 5) is 23.4. The number of nitrogens with zero attached hydrogens (tertiary/aromatic N) is 5. The Bertz CT molecular complexity index is 803. The number of hydrogen-bond acceptors (Lipinski definition) is 6. The second-order valence-electron chi connectivity index (χ2n) is 7.34. The van der Waals surface area contributed by atoms with Gasteiger partial charge in [-0.05, 0) is 25.3 Å². The highest BCUT2D eigenvalue weighted by Crippen LogP contribution is 2.34. The van der Waals surface area contributed by atoms with E-state index in [1.54, 1.807) is 13.2 Å². The number of anilines is 3. The van der Waals surface area contributed by atoms with Crippen LogP contribution in [0.1, 0.15) is 43.7 Å². The van der Waals surface area contributed by atoms with E-state index in [4.69, 9.17) is 5.11 Å². The summed E-state index contributed by atoms with van der Waals surface area (Å²) in [6.45, 7) is 1.33. The van der Waals surface area contributed by atoms with E-state index in [9.17, 15) is 4.79 Å². The van der Waals surface area contributed by atoms with Crippen LogP contribution in [0.2, 0.25) is 0 Å². The first-order chi connectivity index (χ1) is 13.1. The standard InChI is InChI=1S/C18H25N7O2/c1-24(18(26)27)13-7-9-25(11-13)17-19-8-6-15(21-17)20-16-10-14(22-23-16)12-4-2-3-5-12/h6,8,10,12-13H,2-5,7,9,11H2,1H3,(H,26,27)(H2,19,20,21,22,23). The molecule has 0 spiro atoms. The fourth-order valence-corrected chi connectivity index (χ4v) is 3.94. The van der Waals surface area contributed by atoms with Gasteiger partial charge in [0, 0.05) is 44.0 Å². The number of carboxylic acid groups (broad SMARTS) is 1. The molecule has 1 aliphatic carbocycles. The molecule has 1 atom stereocenters. The van der Waals surface area contributed by atoms with Crippen LogP contribution >= 0.6 is 0 Å². The Kier molecular flexibility index (Phi) is 4.83. The lowest BCUT2D eigenvalue weighted by Crippen LogP contribution is -2.38. The van der Waals surface area contributed by atoms with Crippen LogP contribution in [-0.4, -0.2) is 62.4 Å². The number of aromatic nitrogens is 4. The van der Waals surface area contributed by atoms with Gasteiger partial charge in [-0.15, -0.1) is 0 Å². The predicted octanol–water partition coefficient (Wildman–Crippen LogP) is 2.79. The minimum absolute atomic E-state index is 0.0389. The van der Waals surface area contributed by atoms with Gasteiger partial charge in [0.1, 0.15) is 5.82 Å². The van der Waals surface area contributed by atoms with Crippen molar-refractivity contribution in [2.24, 2.45) is 0 Å². The second kappa shape index (κ2) is 7.42. The number of nitrogens with one attached hydrogen (secondary N) is 2. The fraction of sp³-hybridized carbons (Fsp3) is 0.556. The summed E-state index contributed by atoms with van der Waals surface area (Å²) in [5.41, 5.74) is 1.18. The molecule has 4 rings (SSSR count). The van der Waals surface area contributed by atoms with E-state index in [1.807, 2.05) is 11.0 Å². The maximum Gasteiger partial charge on any atom is 0.407 e. The van der Waals surface area contributed by atoms with E-state index in [2.05, 4.69) is 31.5 Å². The molecule has 2 aliphatic rings. The molecular weight excluding hydrogens is 346 g/mol. The van der Waals surface area contributed by atoms with Crippen molar-refractivity contribution in [2.45, 2.75) is 44.1 Å². The number of rotatable bonds is 5. The average Bonchev–Trinajstić information content (AvgIpc) is 3.42. The molecule has 9 heteroatoms. The predicted molar refractivity (Wildman–Crippen MR) is 102 cm³/mol. The molecule has 1 saturated heterocycles. The lowest BCUT2D eigenvalue weighted by molar-refractivity contribution is 0.142. The molecule has 144 valence electrons. The third-order valence-corrected chi connectivity index (χ3v) is 5.59. The lowest BCUT2D eigenvalue weighted by atomic mass is 10.0. The van der Waals surface area contributed by atoms with Gasteiger partial charge in [-0.1, -0.05) is 12.8 Å². The Hall–Kier alpha value is -2.84. The van der Waals surface area contributed by atoms with Crippen LogP contribution in [0.3, 0.4) is 0 Å². The molecule has 1 saturated carbocycles. The minimum atomic E-state index is -0.908. The van der Waals surface area contributed by atoms with Crippen molar-refractivity contribution >= 4 is 23.7 Å². The van der Waals surface area contributed by atoms with Crippen molar-refractivity contribution in [1.82, 2.24) is 25.1 Å². The molecule has 1 aliphatic heterocycles. The van der Waals surface area contributed by atoms with E-state index >= 15 is 0 Å². The minimum Gasteiger partial charge on any atom is -0.465 e. The lowest BCUT2D eigenvalue weighted by Gasteiger charge is -2.22. The molecule has 1 amide bonds. The largest absolute Gasteiger partial charge is 0.465 e. The number of hydrogen-bond donors (Lipinski definition) is 3. The number of aromatic amines is 1. The summed E-state index contributed by atoms with van der Waals surface area (Å²) < 4.78 is 0. The third kappa shape index (κ3) is 3.81. The van der Waals surface area contributed by atoms with E-state index < -0.39 is 6.09 Å². The maximum absolute atomic E-state index is 11.1. The highest BCUT2D eigenvalue weighted by molar-refractivity contribution is 5.65. The van der Waals surface area contributed by atoms with Crippen molar-refractivity contribution in [3.63, 3.8) is 0 Å². The van der Waals surface area contributed by atoms with Crippen molar-refractivity contribution in [1.29, 1.82) is 0 Å². The Morgan fingerprint density at radius 1 is 1.33 bits per heavy atom. The van der Waals surface area contributed by atoms with Gasteiger partial charge in [0.25, 0.3) is 0 Å². The van der Waals surface area contributed by atoms with Crippen molar-refractivity contribution in [2.75, 3.05) is 30.4 Å². The Labute approximate surface area is 157 Å². The summed E-state index contributed by atoms with van der Waals surface area (Å²) in [5, 5.41) is 19.9. The third-order valence-electron chi connectivity index (χ3n) is 5.59. The van der Waals surface area contributed by atoms with Crippen molar-refractivity contribution < 1.29 is 9.90 Å². The summed E-state index contributed by atoms with van der Waals surface area (Å²) in [6.07, 6.45) is 6.60. The van der Waals surface area contributed by atoms with Crippen molar-refractivity contribution in [3.05, 3.63) is 24.0 Å². The first-order valence-corrected chi connectivity index (χ1v) is 9.46. The Balaban J connectivity index is 1.42. The highest BCUT2D eigenvalue weighted by atomic mass is 16.4. The van der Waals surface area contributed by atoms with Crippen LogP contribution in [0.15, 0.2) is 18.3 Å². The van der Waals surface area contributed by atoms with Gasteiger partial charge in [0.2, 0.25) is 5.95 Å². The van der Waals surface area contributed by atoms with Crippen molar-refractivity contribution in [3.8, 4) is 0 Å². The summed E-state index contributed by atoms with van der Waals surface area (Å²) in [7, 11) is 1.61. The van der Waals surface area contributed by atoms with E-state index in [1.165, 1.54) is 36.3 Å².